The minimum atomic E-state index is -1.13. The van der Waals surface area contributed by atoms with Gasteiger partial charge in [-0.05, 0) is 6.07 Å². The van der Waals surface area contributed by atoms with E-state index in [1.54, 1.807) is 13.8 Å². The number of halogens is 1. The fraction of sp³-hybridized carbons (Fsp3) is 0.364. The van der Waals surface area contributed by atoms with E-state index in [2.05, 4.69) is 0 Å². The van der Waals surface area contributed by atoms with E-state index in [4.69, 9.17) is 10.2 Å². The number of benzene rings is 1. The highest BCUT2D eigenvalue weighted by Gasteiger charge is 2.29. The Morgan fingerprint density at radius 2 is 1.94 bits per heavy atom. The monoisotopic (exact) mass is 228 g/mol. The molecule has 4 nitrogen and oxygen atoms in total. The van der Waals surface area contributed by atoms with Gasteiger partial charge in [-0.3, -0.25) is 4.79 Å². The quantitative estimate of drug-likeness (QED) is 0.739. The number of aromatic hydroxyl groups is 2. The van der Waals surface area contributed by atoms with Crippen molar-refractivity contribution in [3.05, 3.63) is 23.5 Å². The molecular weight excluding hydrogens is 215 g/mol. The Kier molecular flexibility index (Phi) is 3.07. The third-order valence-corrected chi connectivity index (χ3v) is 2.42. The Balaban J connectivity index is 3.23. The molecule has 0 amide bonds. The van der Waals surface area contributed by atoms with Crippen molar-refractivity contribution in [1.29, 1.82) is 0 Å². The molecule has 88 valence electrons. The van der Waals surface area contributed by atoms with Gasteiger partial charge in [0.1, 0.15) is 0 Å². The van der Waals surface area contributed by atoms with Gasteiger partial charge in [0.2, 0.25) is 5.82 Å². The van der Waals surface area contributed by atoms with E-state index in [0.29, 0.717) is 0 Å². The van der Waals surface area contributed by atoms with Crippen molar-refractivity contribution < 1.29 is 24.5 Å². The molecule has 0 atom stereocenters. The van der Waals surface area contributed by atoms with Crippen LogP contribution in [0, 0.1) is 5.82 Å². The lowest BCUT2D eigenvalue weighted by molar-refractivity contribution is -0.138. The van der Waals surface area contributed by atoms with Gasteiger partial charge in [0.25, 0.3) is 0 Å². The molecule has 0 unspecified atom stereocenters. The van der Waals surface area contributed by atoms with Crippen molar-refractivity contribution in [1.82, 2.24) is 0 Å². The second-order valence-electron chi connectivity index (χ2n) is 4.25. The minimum absolute atomic E-state index is 0.158. The molecule has 0 aliphatic rings. The first kappa shape index (κ1) is 12.3. The molecule has 0 spiro atoms. The van der Waals surface area contributed by atoms with Crippen LogP contribution in [0.1, 0.15) is 25.8 Å². The topological polar surface area (TPSA) is 77.8 Å². The van der Waals surface area contributed by atoms with Gasteiger partial charge in [0, 0.05) is 11.0 Å². The molecular formula is C11H13FO4. The molecule has 0 radical (unpaired) electrons. The third kappa shape index (κ3) is 2.24. The van der Waals surface area contributed by atoms with Crippen LogP contribution in [0.5, 0.6) is 11.5 Å². The molecule has 1 aromatic carbocycles. The van der Waals surface area contributed by atoms with Gasteiger partial charge in [0.15, 0.2) is 11.5 Å². The van der Waals surface area contributed by atoms with E-state index in [1.807, 2.05) is 0 Å². The van der Waals surface area contributed by atoms with Crippen molar-refractivity contribution >= 4 is 5.97 Å². The van der Waals surface area contributed by atoms with Crippen LogP contribution in [0.15, 0.2) is 12.1 Å². The van der Waals surface area contributed by atoms with E-state index in [0.717, 1.165) is 6.07 Å². The molecule has 0 heterocycles. The Labute approximate surface area is 92.0 Å². The van der Waals surface area contributed by atoms with Crippen molar-refractivity contribution in [3.8, 4) is 11.5 Å². The van der Waals surface area contributed by atoms with Gasteiger partial charge < -0.3 is 15.3 Å². The summed E-state index contributed by atoms with van der Waals surface area (Å²) in [5.41, 5.74) is -0.755. The Hall–Kier alpha value is -1.78. The minimum Gasteiger partial charge on any atom is -0.505 e. The van der Waals surface area contributed by atoms with Crippen molar-refractivity contribution in [3.63, 3.8) is 0 Å². The lowest BCUT2D eigenvalue weighted by Gasteiger charge is -2.24. The molecule has 3 N–H and O–H groups in total. The predicted molar refractivity (Wildman–Crippen MR) is 55.0 cm³/mol. The normalized spacial score (nSPS) is 11.4. The maximum absolute atomic E-state index is 13.2. The second-order valence-corrected chi connectivity index (χ2v) is 4.25. The molecule has 5 heteroatoms. The summed E-state index contributed by atoms with van der Waals surface area (Å²) in [4.78, 5) is 10.6. The van der Waals surface area contributed by atoms with Crippen LogP contribution in [-0.4, -0.2) is 21.3 Å². The van der Waals surface area contributed by atoms with Crippen molar-refractivity contribution in [2.45, 2.75) is 25.7 Å². The summed E-state index contributed by atoms with van der Waals surface area (Å²) >= 11 is 0. The zero-order chi connectivity index (χ0) is 12.5. The highest BCUT2D eigenvalue weighted by atomic mass is 19.1. The molecule has 0 saturated heterocycles. The molecule has 16 heavy (non-hydrogen) atoms. The van der Waals surface area contributed by atoms with E-state index < -0.39 is 28.7 Å². The van der Waals surface area contributed by atoms with E-state index in [9.17, 15) is 14.3 Å². The first-order valence-corrected chi connectivity index (χ1v) is 4.68. The molecule has 0 saturated carbocycles. The van der Waals surface area contributed by atoms with Crippen LogP contribution in [0.25, 0.3) is 0 Å². The summed E-state index contributed by atoms with van der Waals surface area (Å²) in [6.07, 6.45) is -0.245. The lowest BCUT2D eigenvalue weighted by atomic mass is 9.81. The van der Waals surface area contributed by atoms with Gasteiger partial charge in [-0.1, -0.05) is 19.9 Å². The maximum Gasteiger partial charge on any atom is 0.304 e. The summed E-state index contributed by atoms with van der Waals surface area (Å²) in [5, 5.41) is 27.2. The van der Waals surface area contributed by atoms with Crippen LogP contribution >= 0.6 is 0 Å². The fourth-order valence-electron chi connectivity index (χ4n) is 1.57. The zero-order valence-corrected chi connectivity index (χ0v) is 8.99. The summed E-state index contributed by atoms with van der Waals surface area (Å²) in [6.45, 7) is 3.15. The number of phenolic OH excluding ortho intramolecular Hbond substituents is 2. The van der Waals surface area contributed by atoms with Gasteiger partial charge in [0.05, 0.1) is 6.42 Å². The first-order valence-electron chi connectivity index (χ1n) is 4.68. The van der Waals surface area contributed by atoms with Crippen LogP contribution in [0.3, 0.4) is 0 Å². The Bertz CT molecular complexity index is 426. The van der Waals surface area contributed by atoms with Crippen LogP contribution in [-0.2, 0) is 10.2 Å². The van der Waals surface area contributed by atoms with Crippen molar-refractivity contribution in [2.24, 2.45) is 0 Å². The zero-order valence-electron chi connectivity index (χ0n) is 8.99. The number of phenols is 2. The molecule has 1 aromatic rings. The SMILES string of the molecule is CC(C)(CC(=O)O)c1ccc(O)c(F)c1O. The standard InChI is InChI=1S/C11H13FO4/c1-11(2,5-8(14)15)6-3-4-7(13)9(12)10(6)16/h3-4,13,16H,5H2,1-2H3,(H,14,15). The van der Waals surface area contributed by atoms with Crippen LogP contribution in [0.2, 0.25) is 0 Å². The Morgan fingerprint density at radius 3 is 2.44 bits per heavy atom. The largest absolute Gasteiger partial charge is 0.505 e. The molecule has 0 aromatic heterocycles. The predicted octanol–water partition coefficient (Wildman–Crippen LogP) is 1.99. The first-order chi connectivity index (χ1) is 7.25. The van der Waals surface area contributed by atoms with Gasteiger partial charge >= 0.3 is 5.97 Å². The highest BCUT2D eigenvalue weighted by molar-refractivity contribution is 5.69. The van der Waals surface area contributed by atoms with E-state index >= 15 is 0 Å². The number of carboxylic acids is 1. The number of carboxylic acid groups (broad SMARTS) is 1. The molecule has 0 aliphatic carbocycles. The number of aliphatic carboxylic acids is 1. The number of hydrogen-bond acceptors (Lipinski definition) is 3. The van der Waals surface area contributed by atoms with Crippen molar-refractivity contribution in [2.75, 3.05) is 0 Å². The van der Waals surface area contributed by atoms with Crippen LogP contribution in [0.4, 0.5) is 4.39 Å². The average molecular weight is 228 g/mol. The lowest BCUT2D eigenvalue weighted by Crippen LogP contribution is -2.22. The molecule has 0 bridgehead atoms. The van der Waals surface area contributed by atoms with E-state index in [-0.39, 0.29) is 12.0 Å². The Morgan fingerprint density at radius 1 is 1.38 bits per heavy atom. The molecule has 0 aliphatic heterocycles. The number of carbonyl (C=O) groups is 1. The summed E-state index contributed by atoms with van der Waals surface area (Å²) < 4.78 is 13.2. The maximum atomic E-state index is 13.2. The fourth-order valence-corrected chi connectivity index (χ4v) is 1.57. The van der Waals surface area contributed by atoms with Gasteiger partial charge in [-0.15, -0.1) is 0 Å². The highest BCUT2D eigenvalue weighted by Crippen LogP contribution is 2.38. The smallest absolute Gasteiger partial charge is 0.304 e. The second kappa shape index (κ2) is 4.00. The number of rotatable bonds is 3. The van der Waals surface area contributed by atoms with Gasteiger partial charge in [-0.25, -0.2) is 0 Å². The van der Waals surface area contributed by atoms with E-state index in [1.165, 1.54) is 6.07 Å². The average Bonchev–Trinajstić information content (AvgIpc) is 2.11. The summed E-state index contributed by atoms with van der Waals surface area (Å²) in [7, 11) is 0. The van der Waals surface area contributed by atoms with Gasteiger partial charge in [-0.2, -0.15) is 4.39 Å². The summed E-state index contributed by atoms with van der Waals surface area (Å²) in [5.74, 6) is -3.53. The summed E-state index contributed by atoms with van der Waals surface area (Å²) in [6, 6.07) is 2.41. The molecule has 1 rings (SSSR count). The molecule has 0 fully saturated rings. The number of hydrogen-bond donors (Lipinski definition) is 3. The third-order valence-electron chi connectivity index (χ3n) is 2.42. The van der Waals surface area contributed by atoms with Crippen LogP contribution < -0.4 is 0 Å².